The van der Waals surface area contributed by atoms with Crippen molar-refractivity contribution in [3.63, 3.8) is 0 Å². The number of anilines is 1. The summed E-state index contributed by atoms with van der Waals surface area (Å²) in [4.78, 5) is 18.1. The standard InChI is InChI=1S/C30H35F4N3O3/c1-5-23(18-35-11-10-30(32,33)34)28(39)36-17-22-7-6-20(2)26(14-22)24-8-9-25-16-29(31,19-38)21(3)37(12-13-40-4)27(25)15-24/h5-11,14-15,18,21,38H,12-13,16-17,19H2,1-4H3,(H,36,39)/b11-10+,23-5+,35-18-/t21-,29+/m0/s1. The minimum atomic E-state index is -4.48. The van der Waals surface area contributed by atoms with Gasteiger partial charge in [-0.3, -0.25) is 9.79 Å². The number of carbonyl (C=O) groups is 1. The minimum absolute atomic E-state index is 0.0126. The van der Waals surface area contributed by atoms with Crippen LogP contribution in [0.3, 0.4) is 0 Å². The van der Waals surface area contributed by atoms with Crippen molar-refractivity contribution in [2.75, 3.05) is 31.8 Å². The third-order valence-corrected chi connectivity index (χ3v) is 7.10. The molecule has 2 N–H and O–H groups in total. The molecule has 0 bridgehead atoms. The van der Waals surface area contributed by atoms with Crippen LogP contribution in [0.2, 0.25) is 0 Å². The van der Waals surface area contributed by atoms with Gasteiger partial charge in [0.05, 0.1) is 24.8 Å². The van der Waals surface area contributed by atoms with Crippen molar-refractivity contribution in [3.8, 4) is 11.1 Å². The van der Waals surface area contributed by atoms with E-state index in [1.807, 2.05) is 48.2 Å². The van der Waals surface area contributed by atoms with Crippen LogP contribution in [-0.4, -0.2) is 62.0 Å². The SMILES string of the molecule is C\C=C(/C=N\C=C\C(F)(F)F)C(=O)NCc1ccc(C)c(-c2ccc3c(c2)N(CCOC)[C@@H](C)[C@](F)(CO)C3)c1. The molecule has 0 saturated heterocycles. The monoisotopic (exact) mass is 561 g/mol. The Bertz CT molecular complexity index is 1290. The second-order valence-corrected chi connectivity index (χ2v) is 9.79. The number of aliphatic imine (C=N–C) groups is 1. The number of fused-ring (bicyclic) bond motifs is 1. The van der Waals surface area contributed by atoms with E-state index in [2.05, 4.69) is 10.3 Å². The van der Waals surface area contributed by atoms with Gasteiger partial charge in [0.15, 0.2) is 5.67 Å². The van der Waals surface area contributed by atoms with Gasteiger partial charge in [-0.25, -0.2) is 4.39 Å². The summed E-state index contributed by atoms with van der Waals surface area (Å²) >= 11 is 0. The van der Waals surface area contributed by atoms with Gasteiger partial charge in [-0.15, -0.1) is 0 Å². The second-order valence-electron chi connectivity index (χ2n) is 9.79. The molecule has 10 heteroatoms. The summed E-state index contributed by atoms with van der Waals surface area (Å²) in [6.07, 6.45) is -1.25. The normalized spacial score (nSPS) is 19.9. The number of aryl methyl sites for hydroxylation is 1. The molecule has 1 aliphatic heterocycles. The second kappa shape index (κ2) is 13.2. The summed E-state index contributed by atoms with van der Waals surface area (Å²) < 4.78 is 57.5. The van der Waals surface area contributed by atoms with E-state index in [0.717, 1.165) is 39.7 Å². The number of hydrogen-bond donors (Lipinski definition) is 2. The molecule has 0 aliphatic carbocycles. The molecule has 0 saturated carbocycles. The highest BCUT2D eigenvalue weighted by Crippen LogP contribution is 2.40. The molecule has 0 spiro atoms. The maximum Gasteiger partial charge on any atom is 0.411 e. The number of nitrogens with zero attached hydrogens (tertiary/aromatic N) is 2. The van der Waals surface area contributed by atoms with Crippen LogP contribution in [-0.2, 0) is 22.5 Å². The van der Waals surface area contributed by atoms with Crippen LogP contribution in [0.5, 0.6) is 0 Å². The van der Waals surface area contributed by atoms with Crippen LogP contribution in [0, 0.1) is 6.92 Å². The molecule has 0 fully saturated rings. The number of alkyl halides is 4. The number of carbonyl (C=O) groups excluding carboxylic acids is 1. The van der Waals surface area contributed by atoms with Gasteiger partial charge in [-0.05, 0) is 60.7 Å². The first-order valence-electron chi connectivity index (χ1n) is 12.9. The van der Waals surface area contributed by atoms with E-state index in [4.69, 9.17) is 4.74 Å². The average Bonchev–Trinajstić information content (AvgIpc) is 2.92. The molecule has 0 aromatic heterocycles. The Morgan fingerprint density at radius 3 is 2.67 bits per heavy atom. The third-order valence-electron chi connectivity index (χ3n) is 7.10. The van der Waals surface area contributed by atoms with Gasteiger partial charge in [0.25, 0.3) is 5.91 Å². The predicted molar refractivity (Wildman–Crippen MR) is 149 cm³/mol. The van der Waals surface area contributed by atoms with Crippen molar-refractivity contribution in [1.29, 1.82) is 0 Å². The highest BCUT2D eigenvalue weighted by atomic mass is 19.4. The van der Waals surface area contributed by atoms with E-state index in [1.54, 1.807) is 21.0 Å². The molecule has 0 unspecified atom stereocenters. The van der Waals surface area contributed by atoms with Crippen LogP contribution >= 0.6 is 0 Å². The Balaban J connectivity index is 1.82. The number of amides is 1. The van der Waals surface area contributed by atoms with Crippen LogP contribution in [0.4, 0.5) is 23.2 Å². The van der Waals surface area contributed by atoms with Gasteiger partial charge in [-0.1, -0.05) is 30.3 Å². The van der Waals surface area contributed by atoms with E-state index >= 15 is 4.39 Å². The molecule has 6 nitrogen and oxygen atoms in total. The number of methoxy groups -OCH3 is 1. The van der Waals surface area contributed by atoms with Crippen molar-refractivity contribution in [3.05, 3.63) is 77.0 Å². The summed E-state index contributed by atoms with van der Waals surface area (Å²) in [6, 6.07) is 11.1. The van der Waals surface area contributed by atoms with E-state index in [9.17, 15) is 23.1 Å². The van der Waals surface area contributed by atoms with Crippen molar-refractivity contribution in [2.24, 2.45) is 4.99 Å². The first-order chi connectivity index (χ1) is 18.9. The summed E-state index contributed by atoms with van der Waals surface area (Å²) in [6.45, 7) is 5.83. The maximum atomic E-state index is 15.5. The van der Waals surface area contributed by atoms with Crippen LogP contribution in [0.1, 0.15) is 30.5 Å². The van der Waals surface area contributed by atoms with Gasteiger partial charge in [0.2, 0.25) is 0 Å². The first kappa shape index (κ1) is 31.0. The summed E-state index contributed by atoms with van der Waals surface area (Å²) in [5.74, 6) is -0.469. The lowest BCUT2D eigenvalue weighted by atomic mass is 9.83. The van der Waals surface area contributed by atoms with Gasteiger partial charge in [0.1, 0.15) is 0 Å². The van der Waals surface area contributed by atoms with E-state index in [-0.39, 0.29) is 24.6 Å². The number of allylic oxidation sites excluding steroid dienone is 2. The fourth-order valence-corrected chi connectivity index (χ4v) is 4.68. The Morgan fingerprint density at radius 1 is 1.27 bits per heavy atom. The third kappa shape index (κ3) is 7.57. The molecule has 2 aromatic rings. The molecular formula is C30H35F4N3O3. The van der Waals surface area contributed by atoms with Crippen molar-refractivity contribution in [2.45, 2.75) is 51.6 Å². The number of rotatable bonds is 10. The number of hydrogen-bond acceptors (Lipinski definition) is 5. The molecule has 40 heavy (non-hydrogen) atoms. The van der Waals surface area contributed by atoms with Crippen molar-refractivity contribution < 1.29 is 32.2 Å². The van der Waals surface area contributed by atoms with E-state index in [1.165, 1.54) is 6.08 Å². The molecule has 216 valence electrons. The first-order valence-corrected chi connectivity index (χ1v) is 12.9. The minimum Gasteiger partial charge on any atom is -0.393 e. The Labute approximate surface area is 232 Å². The van der Waals surface area contributed by atoms with E-state index < -0.39 is 30.4 Å². The zero-order valence-corrected chi connectivity index (χ0v) is 23.1. The van der Waals surface area contributed by atoms with E-state index in [0.29, 0.717) is 19.4 Å². The lowest BCUT2D eigenvalue weighted by Gasteiger charge is -2.45. The molecule has 2 atom stereocenters. The van der Waals surface area contributed by atoms with Crippen molar-refractivity contribution >= 4 is 17.8 Å². The molecule has 0 radical (unpaired) electrons. The zero-order chi connectivity index (χ0) is 29.5. The Morgan fingerprint density at radius 2 is 2.02 bits per heavy atom. The largest absolute Gasteiger partial charge is 0.411 e. The van der Waals surface area contributed by atoms with Gasteiger partial charge >= 0.3 is 6.18 Å². The summed E-state index contributed by atoms with van der Waals surface area (Å²) in [5, 5.41) is 12.6. The molecule has 1 amide bonds. The number of halogens is 4. The number of ether oxygens (including phenoxy) is 1. The van der Waals surface area contributed by atoms with Gasteiger partial charge in [-0.2, -0.15) is 13.2 Å². The van der Waals surface area contributed by atoms with Gasteiger partial charge in [0, 0.05) is 50.8 Å². The zero-order valence-electron chi connectivity index (χ0n) is 23.1. The highest BCUT2D eigenvalue weighted by molar-refractivity contribution is 6.12. The lowest BCUT2D eigenvalue weighted by Crippen LogP contribution is -2.56. The van der Waals surface area contributed by atoms with Crippen LogP contribution in [0.15, 0.2) is 65.3 Å². The fraction of sp³-hybridized carbons (Fsp3) is 0.400. The molecule has 1 heterocycles. The molecular weight excluding hydrogens is 526 g/mol. The number of benzene rings is 2. The molecule has 2 aromatic carbocycles. The molecule has 1 aliphatic rings. The average molecular weight is 562 g/mol. The van der Waals surface area contributed by atoms with Crippen LogP contribution < -0.4 is 10.2 Å². The predicted octanol–water partition coefficient (Wildman–Crippen LogP) is 5.47. The summed E-state index contributed by atoms with van der Waals surface area (Å²) in [5.41, 5.74) is 3.76. The lowest BCUT2D eigenvalue weighted by molar-refractivity contribution is -0.117. The number of nitrogens with one attached hydrogen (secondary N) is 1. The highest BCUT2D eigenvalue weighted by Gasteiger charge is 2.44. The quantitative estimate of drug-likeness (QED) is 0.229. The number of aliphatic hydroxyl groups is 1. The van der Waals surface area contributed by atoms with Crippen molar-refractivity contribution in [1.82, 2.24) is 5.32 Å². The Kier molecular flexibility index (Phi) is 10.3. The topological polar surface area (TPSA) is 74.2 Å². The Hall–Kier alpha value is -3.50. The molecule has 3 rings (SSSR count). The number of aliphatic hydroxyl groups excluding tert-OH is 1. The fourth-order valence-electron chi connectivity index (χ4n) is 4.68. The van der Waals surface area contributed by atoms with Gasteiger partial charge < -0.3 is 20.1 Å². The summed E-state index contributed by atoms with van der Waals surface area (Å²) in [7, 11) is 1.59. The maximum absolute atomic E-state index is 15.5. The smallest absolute Gasteiger partial charge is 0.393 e. The van der Waals surface area contributed by atoms with Crippen LogP contribution in [0.25, 0.3) is 11.1 Å².